The van der Waals surface area contributed by atoms with Crippen molar-refractivity contribution in [1.29, 1.82) is 0 Å². The van der Waals surface area contributed by atoms with Gasteiger partial charge in [-0.05, 0) is 30.7 Å². The highest BCUT2D eigenvalue weighted by Gasteiger charge is 2.21. The van der Waals surface area contributed by atoms with Crippen LogP contribution in [-0.4, -0.2) is 54.5 Å². The van der Waals surface area contributed by atoms with Crippen molar-refractivity contribution in [2.45, 2.75) is 19.3 Å². The third-order valence-corrected chi connectivity index (χ3v) is 3.67. The van der Waals surface area contributed by atoms with Crippen LogP contribution in [0.1, 0.15) is 19.3 Å². The second-order valence-corrected chi connectivity index (χ2v) is 5.39. The standard InChI is InChI=1S/C16H20N2O5/c1-17(10-8-16(21)22)15(20)11-23-13-6-4-12(5-7-13)18-9-2-3-14(18)19/h4-7H,2-3,8-11H2,1H3,(H,21,22). The van der Waals surface area contributed by atoms with Gasteiger partial charge in [-0.2, -0.15) is 0 Å². The van der Waals surface area contributed by atoms with E-state index in [-0.39, 0.29) is 31.4 Å². The fraction of sp³-hybridized carbons (Fsp3) is 0.438. The number of amides is 2. The molecule has 0 aliphatic carbocycles. The molecule has 1 aromatic rings. The summed E-state index contributed by atoms with van der Waals surface area (Å²) in [7, 11) is 1.54. The molecule has 0 unspecified atom stereocenters. The minimum Gasteiger partial charge on any atom is -0.484 e. The Kier molecular flexibility index (Phi) is 5.56. The predicted octanol–water partition coefficient (Wildman–Crippen LogP) is 1.13. The van der Waals surface area contributed by atoms with Crippen LogP contribution in [0.3, 0.4) is 0 Å². The summed E-state index contributed by atoms with van der Waals surface area (Å²) < 4.78 is 5.40. The molecular weight excluding hydrogens is 300 g/mol. The summed E-state index contributed by atoms with van der Waals surface area (Å²) in [5.74, 6) is -0.586. The molecule has 0 radical (unpaired) electrons. The van der Waals surface area contributed by atoms with Gasteiger partial charge in [0, 0.05) is 32.2 Å². The number of ether oxygens (including phenoxy) is 1. The maximum atomic E-state index is 11.8. The lowest BCUT2D eigenvalue weighted by Gasteiger charge is -2.17. The molecule has 7 heteroatoms. The summed E-state index contributed by atoms with van der Waals surface area (Å²) in [6.07, 6.45) is 1.35. The molecule has 124 valence electrons. The van der Waals surface area contributed by atoms with E-state index in [1.807, 2.05) is 0 Å². The zero-order chi connectivity index (χ0) is 16.8. The van der Waals surface area contributed by atoms with Crippen LogP contribution in [0.15, 0.2) is 24.3 Å². The van der Waals surface area contributed by atoms with E-state index >= 15 is 0 Å². The summed E-state index contributed by atoms with van der Waals surface area (Å²) in [6, 6.07) is 7.01. The summed E-state index contributed by atoms with van der Waals surface area (Å²) in [4.78, 5) is 37.0. The van der Waals surface area contributed by atoms with Crippen LogP contribution >= 0.6 is 0 Å². The second-order valence-electron chi connectivity index (χ2n) is 5.39. The van der Waals surface area contributed by atoms with Crippen LogP contribution in [0, 0.1) is 0 Å². The predicted molar refractivity (Wildman–Crippen MR) is 83.4 cm³/mol. The molecule has 0 spiro atoms. The molecule has 1 N–H and O–H groups in total. The van der Waals surface area contributed by atoms with Crippen LogP contribution < -0.4 is 9.64 Å². The second kappa shape index (κ2) is 7.62. The first-order chi connectivity index (χ1) is 11.0. The average Bonchev–Trinajstić information content (AvgIpc) is 2.96. The number of aliphatic carboxylic acids is 1. The van der Waals surface area contributed by atoms with Gasteiger partial charge in [0.1, 0.15) is 5.75 Å². The van der Waals surface area contributed by atoms with E-state index in [0.29, 0.717) is 12.2 Å². The van der Waals surface area contributed by atoms with Gasteiger partial charge in [-0.3, -0.25) is 14.4 Å². The zero-order valence-corrected chi connectivity index (χ0v) is 13.0. The maximum absolute atomic E-state index is 11.8. The van der Waals surface area contributed by atoms with Gasteiger partial charge in [-0.1, -0.05) is 0 Å². The molecule has 1 aliphatic rings. The van der Waals surface area contributed by atoms with E-state index in [0.717, 1.165) is 18.7 Å². The molecule has 2 amide bonds. The molecule has 1 saturated heterocycles. The van der Waals surface area contributed by atoms with Crippen molar-refractivity contribution in [2.75, 3.05) is 31.6 Å². The Bertz CT molecular complexity index is 585. The SMILES string of the molecule is CN(CCC(=O)O)C(=O)COc1ccc(N2CCCC2=O)cc1. The smallest absolute Gasteiger partial charge is 0.305 e. The first-order valence-electron chi connectivity index (χ1n) is 7.46. The van der Waals surface area contributed by atoms with Crippen LogP contribution in [0.2, 0.25) is 0 Å². The van der Waals surface area contributed by atoms with Crippen molar-refractivity contribution >= 4 is 23.5 Å². The van der Waals surface area contributed by atoms with Gasteiger partial charge in [0.25, 0.3) is 5.91 Å². The Hall–Kier alpha value is -2.57. The van der Waals surface area contributed by atoms with Crippen molar-refractivity contribution in [3.05, 3.63) is 24.3 Å². The number of rotatable bonds is 7. The molecule has 1 aromatic carbocycles. The Morgan fingerprint density at radius 1 is 1.30 bits per heavy atom. The van der Waals surface area contributed by atoms with Gasteiger partial charge in [0.05, 0.1) is 6.42 Å². The number of carbonyl (C=O) groups excluding carboxylic acids is 2. The van der Waals surface area contributed by atoms with Crippen molar-refractivity contribution < 1.29 is 24.2 Å². The van der Waals surface area contributed by atoms with Crippen molar-refractivity contribution in [2.24, 2.45) is 0 Å². The zero-order valence-electron chi connectivity index (χ0n) is 13.0. The summed E-state index contributed by atoms with van der Waals surface area (Å²) in [5, 5.41) is 8.59. The monoisotopic (exact) mass is 320 g/mol. The molecule has 1 heterocycles. The van der Waals surface area contributed by atoms with Crippen LogP contribution in [0.25, 0.3) is 0 Å². The van der Waals surface area contributed by atoms with E-state index in [2.05, 4.69) is 0 Å². The number of carboxylic acids is 1. The minimum absolute atomic E-state index is 0.0964. The number of anilines is 1. The summed E-state index contributed by atoms with van der Waals surface area (Å²) >= 11 is 0. The van der Waals surface area contributed by atoms with Crippen molar-refractivity contribution in [3.63, 3.8) is 0 Å². The van der Waals surface area contributed by atoms with Crippen LogP contribution in [0.4, 0.5) is 5.69 Å². The number of carbonyl (C=O) groups is 3. The van der Waals surface area contributed by atoms with Gasteiger partial charge in [0.2, 0.25) is 5.91 Å². The quantitative estimate of drug-likeness (QED) is 0.813. The number of likely N-dealkylation sites (N-methyl/N-ethyl adjacent to an activating group) is 1. The maximum Gasteiger partial charge on any atom is 0.305 e. The fourth-order valence-electron chi connectivity index (χ4n) is 2.29. The third-order valence-electron chi connectivity index (χ3n) is 3.67. The van der Waals surface area contributed by atoms with Gasteiger partial charge in [-0.25, -0.2) is 0 Å². The lowest BCUT2D eigenvalue weighted by Crippen LogP contribution is -2.33. The largest absolute Gasteiger partial charge is 0.484 e. The molecule has 23 heavy (non-hydrogen) atoms. The van der Waals surface area contributed by atoms with Crippen LogP contribution in [0.5, 0.6) is 5.75 Å². The number of hydrogen-bond donors (Lipinski definition) is 1. The number of nitrogens with zero attached hydrogens (tertiary/aromatic N) is 2. The molecule has 7 nitrogen and oxygen atoms in total. The van der Waals surface area contributed by atoms with E-state index in [1.54, 1.807) is 29.2 Å². The molecule has 0 bridgehead atoms. The molecule has 0 atom stereocenters. The Labute approximate surface area is 134 Å². The van der Waals surface area contributed by atoms with Crippen molar-refractivity contribution in [1.82, 2.24) is 4.90 Å². The Balaban J connectivity index is 1.83. The van der Waals surface area contributed by atoms with E-state index in [1.165, 1.54) is 11.9 Å². The lowest BCUT2D eigenvalue weighted by atomic mass is 10.3. The molecular formula is C16H20N2O5. The summed E-state index contributed by atoms with van der Waals surface area (Å²) in [5.41, 5.74) is 0.824. The fourth-order valence-corrected chi connectivity index (χ4v) is 2.29. The van der Waals surface area contributed by atoms with Gasteiger partial charge < -0.3 is 19.6 Å². The highest BCUT2D eigenvalue weighted by Crippen LogP contribution is 2.23. The lowest BCUT2D eigenvalue weighted by molar-refractivity contribution is -0.138. The molecule has 2 rings (SSSR count). The molecule has 0 saturated carbocycles. The highest BCUT2D eigenvalue weighted by atomic mass is 16.5. The van der Waals surface area contributed by atoms with Crippen LogP contribution in [-0.2, 0) is 14.4 Å². The van der Waals surface area contributed by atoms with Gasteiger partial charge in [-0.15, -0.1) is 0 Å². The molecule has 1 aliphatic heterocycles. The normalized spacial score (nSPS) is 14.0. The van der Waals surface area contributed by atoms with Gasteiger partial charge in [0.15, 0.2) is 6.61 Å². The number of carboxylic acid groups (broad SMARTS) is 1. The topological polar surface area (TPSA) is 87.2 Å². The van der Waals surface area contributed by atoms with E-state index in [4.69, 9.17) is 9.84 Å². The van der Waals surface area contributed by atoms with Crippen molar-refractivity contribution in [3.8, 4) is 5.75 Å². The Morgan fingerprint density at radius 2 is 2.00 bits per heavy atom. The molecule has 1 fully saturated rings. The highest BCUT2D eigenvalue weighted by molar-refractivity contribution is 5.95. The average molecular weight is 320 g/mol. The number of hydrogen-bond acceptors (Lipinski definition) is 4. The van der Waals surface area contributed by atoms with E-state index in [9.17, 15) is 14.4 Å². The first-order valence-corrected chi connectivity index (χ1v) is 7.46. The van der Waals surface area contributed by atoms with Gasteiger partial charge >= 0.3 is 5.97 Å². The Morgan fingerprint density at radius 3 is 2.57 bits per heavy atom. The minimum atomic E-state index is -0.947. The first kappa shape index (κ1) is 16.8. The summed E-state index contributed by atoms with van der Waals surface area (Å²) in [6.45, 7) is 0.720. The molecule has 0 aromatic heterocycles. The van der Waals surface area contributed by atoms with E-state index < -0.39 is 5.97 Å². The number of benzene rings is 1. The third kappa shape index (κ3) is 4.70.